The number of rotatable bonds is 2. The van der Waals surface area contributed by atoms with E-state index in [1.807, 2.05) is 0 Å². The Morgan fingerprint density at radius 3 is 2.61 bits per heavy atom. The Morgan fingerprint density at radius 1 is 1.22 bits per heavy atom. The Hall–Kier alpha value is -1.52. The highest BCUT2D eigenvalue weighted by Crippen LogP contribution is 2.25. The monoisotopic (exact) mass is 281 g/mol. The maximum absolute atomic E-state index is 13.5. The average Bonchev–Trinajstić information content (AvgIpc) is 2.34. The van der Waals surface area contributed by atoms with E-state index >= 15 is 0 Å². The Morgan fingerprint density at radius 2 is 1.94 bits per heavy atom. The van der Waals surface area contributed by atoms with Gasteiger partial charge in [0.15, 0.2) is 0 Å². The van der Waals surface area contributed by atoms with Crippen LogP contribution < -0.4 is 5.32 Å². The lowest BCUT2D eigenvalue weighted by molar-refractivity contribution is 0.102. The minimum absolute atomic E-state index is 0.0197. The van der Waals surface area contributed by atoms with Crippen molar-refractivity contribution in [2.75, 3.05) is 5.32 Å². The molecule has 1 amide bonds. The highest BCUT2D eigenvalue weighted by Gasteiger charge is 2.12. The Labute approximate surface area is 114 Å². The molecule has 1 N–H and O–H groups in total. The minimum Gasteiger partial charge on any atom is -0.318 e. The van der Waals surface area contributed by atoms with Crippen molar-refractivity contribution >= 4 is 35.8 Å². The second kappa shape index (κ2) is 5.42. The van der Waals surface area contributed by atoms with Gasteiger partial charge >= 0.3 is 0 Å². The van der Waals surface area contributed by atoms with Gasteiger partial charge in [0, 0.05) is 10.5 Å². The second-order valence-corrected chi connectivity index (χ2v) is 4.52. The molecule has 0 fully saturated rings. The van der Waals surface area contributed by atoms with Gasteiger partial charge in [0.1, 0.15) is 5.82 Å². The molecule has 18 heavy (non-hydrogen) atoms. The number of halogens is 2. The van der Waals surface area contributed by atoms with E-state index < -0.39 is 11.7 Å². The lowest BCUT2D eigenvalue weighted by Crippen LogP contribution is -2.13. The molecular formula is C13H9ClFNOS. The zero-order chi connectivity index (χ0) is 13.1. The van der Waals surface area contributed by atoms with Crippen LogP contribution in [-0.2, 0) is 0 Å². The van der Waals surface area contributed by atoms with Crippen LogP contribution in [0.5, 0.6) is 0 Å². The molecule has 0 aromatic heterocycles. The Bertz CT molecular complexity index is 583. The predicted octanol–water partition coefficient (Wildman–Crippen LogP) is 4.02. The third-order valence-electron chi connectivity index (χ3n) is 2.31. The van der Waals surface area contributed by atoms with Gasteiger partial charge in [-0.25, -0.2) is 4.39 Å². The largest absolute Gasteiger partial charge is 0.318 e. The Kier molecular flexibility index (Phi) is 3.89. The predicted molar refractivity (Wildman–Crippen MR) is 73.1 cm³/mol. The number of carbonyl (C=O) groups is 1. The van der Waals surface area contributed by atoms with Gasteiger partial charge in [-0.3, -0.25) is 4.79 Å². The van der Waals surface area contributed by atoms with Crippen molar-refractivity contribution < 1.29 is 9.18 Å². The summed E-state index contributed by atoms with van der Waals surface area (Å²) >= 11 is 9.96. The molecule has 0 saturated heterocycles. The minimum atomic E-state index is -0.571. The normalized spacial score (nSPS) is 10.2. The summed E-state index contributed by atoms with van der Waals surface area (Å²) in [5.74, 6) is -1.00. The van der Waals surface area contributed by atoms with Gasteiger partial charge in [0.25, 0.3) is 5.91 Å². The van der Waals surface area contributed by atoms with E-state index in [4.69, 9.17) is 11.6 Å². The standard InChI is InChI=1S/C13H9ClFNOS/c14-10-5-2-6-11(15)12(10)16-13(17)8-3-1-4-9(18)7-8/h1-7,18H,(H,16,17). The first kappa shape index (κ1) is 12.9. The third kappa shape index (κ3) is 2.83. The molecule has 0 saturated carbocycles. The van der Waals surface area contributed by atoms with Crippen molar-refractivity contribution in [1.82, 2.24) is 0 Å². The van der Waals surface area contributed by atoms with Gasteiger partial charge in [-0.15, -0.1) is 12.6 Å². The number of carbonyl (C=O) groups excluding carboxylic acids is 1. The number of amides is 1. The molecule has 0 aliphatic carbocycles. The van der Waals surface area contributed by atoms with Crippen molar-refractivity contribution in [3.05, 3.63) is 58.9 Å². The Balaban J connectivity index is 2.27. The molecule has 0 heterocycles. The topological polar surface area (TPSA) is 29.1 Å². The van der Waals surface area contributed by atoms with Gasteiger partial charge in [0.05, 0.1) is 10.7 Å². The van der Waals surface area contributed by atoms with Crippen LogP contribution in [0.3, 0.4) is 0 Å². The van der Waals surface area contributed by atoms with Crippen molar-refractivity contribution in [2.24, 2.45) is 0 Å². The summed E-state index contributed by atoms with van der Waals surface area (Å²) < 4.78 is 13.5. The molecule has 5 heteroatoms. The van der Waals surface area contributed by atoms with Crippen molar-refractivity contribution in [3.63, 3.8) is 0 Å². The van der Waals surface area contributed by atoms with Gasteiger partial charge < -0.3 is 5.32 Å². The van der Waals surface area contributed by atoms with Crippen molar-refractivity contribution in [3.8, 4) is 0 Å². The zero-order valence-electron chi connectivity index (χ0n) is 9.15. The number of hydrogen-bond acceptors (Lipinski definition) is 2. The van der Waals surface area contributed by atoms with E-state index in [0.717, 1.165) is 0 Å². The third-order valence-corrected chi connectivity index (χ3v) is 2.90. The number of para-hydroxylation sites is 1. The summed E-state index contributed by atoms with van der Waals surface area (Å²) in [6.07, 6.45) is 0. The molecule has 0 bridgehead atoms. The fraction of sp³-hybridized carbons (Fsp3) is 0. The van der Waals surface area contributed by atoms with E-state index in [9.17, 15) is 9.18 Å². The lowest BCUT2D eigenvalue weighted by Gasteiger charge is -2.08. The number of thiol groups is 1. The molecule has 0 spiro atoms. The summed E-state index contributed by atoms with van der Waals surface area (Å²) in [4.78, 5) is 12.6. The maximum atomic E-state index is 13.5. The smallest absolute Gasteiger partial charge is 0.255 e. The van der Waals surface area contributed by atoms with Crippen LogP contribution in [0, 0.1) is 5.82 Å². The number of nitrogens with one attached hydrogen (secondary N) is 1. The summed E-state index contributed by atoms with van der Waals surface area (Å²) in [6.45, 7) is 0. The first-order valence-electron chi connectivity index (χ1n) is 5.12. The molecule has 2 nitrogen and oxygen atoms in total. The van der Waals surface area contributed by atoms with Crippen LogP contribution >= 0.6 is 24.2 Å². The highest BCUT2D eigenvalue weighted by molar-refractivity contribution is 7.80. The van der Waals surface area contributed by atoms with Crippen LogP contribution in [-0.4, -0.2) is 5.91 Å². The molecule has 92 valence electrons. The van der Waals surface area contributed by atoms with E-state index in [2.05, 4.69) is 17.9 Å². The van der Waals surface area contributed by atoms with Crippen molar-refractivity contribution in [1.29, 1.82) is 0 Å². The van der Waals surface area contributed by atoms with Gasteiger partial charge in [0.2, 0.25) is 0 Å². The number of benzene rings is 2. The maximum Gasteiger partial charge on any atom is 0.255 e. The fourth-order valence-electron chi connectivity index (χ4n) is 1.45. The quantitative estimate of drug-likeness (QED) is 0.800. The second-order valence-electron chi connectivity index (χ2n) is 3.60. The summed E-state index contributed by atoms with van der Waals surface area (Å²) in [7, 11) is 0. The van der Waals surface area contributed by atoms with Crippen molar-refractivity contribution in [2.45, 2.75) is 4.90 Å². The first-order valence-corrected chi connectivity index (χ1v) is 5.95. The first-order chi connectivity index (χ1) is 8.58. The van der Waals surface area contributed by atoms with E-state index in [1.54, 1.807) is 24.3 Å². The van der Waals surface area contributed by atoms with E-state index in [1.165, 1.54) is 18.2 Å². The molecule has 0 atom stereocenters. The van der Waals surface area contributed by atoms with Crippen LogP contribution in [0.25, 0.3) is 0 Å². The van der Waals surface area contributed by atoms with Crippen LogP contribution in [0.15, 0.2) is 47.4 Å². The molecule has 2 aromatic carbocycles. The van der Waals surface area contributed by atoms with Gasteiger partial charge in [-0.05, 0) is 30.3 Å². The molecule has 0 aliphatic rings. The van der Waals surface area contributed by atoms with Gasteiger partial charge in [-0.1, -0.05) is 23.7 Å². The summed E-state index contributed by atoms with van der Waals surface area (Å²) in [5, 5.41) is 2.60. The molecule has 0 radical (unpaired) electrons. The molecule has 0 unspecified atom stereocenters. The molecule has 0 aliphatic heterocycles. The number of hydrogen-bond donors (Lipinski definition) is 2. The van der Waals surface area contributed by atoms with Crippen LogP contribution in [0.1, 0.15) is 10.4 Å². The van der Waals surface area contributed by atoms with E-state index in [0.29, 0.717) is 10.5 Å². The van der Waals surface area contributed by atoms with Crippen LogP contribution in [0.2, 0.25) is 5.02 Å². The van der Waals surface area contributed by atoms with E-state index in [-0.39, 0.29) is 10.7 Å². The summed E-state index contributed by atoms with van der Waals surface area (Å²) in [6, 6.07) is 10.9. The number of anilines is 1. The van der Waals surface area contributed by atoms with Crippen LogP contribution in [0.4, 0.5) is 10.1 Å². The summed E-state index contributed by atoms with van der Waals surface area (Å²) in [5.41, 5.74) is 0.371. The average molecular weight is 282 g/mol. The lowest BCUT2D eigenvalue weighted by atomic mass is 10.2. The molecular weight excluding hydrogens is 273 g/mol. The SMILES string of the molecule is O=C(Nc1c(F)cccc1Cl)c1cccc(S)c1. The fourth-order valence-corrected chi connectivity index (χ4v) is 1.89. The highest BCUT2D eigenvalue weighted by atomic mass is 35.5. The zero-order valence-corrected chi connectivity index (χ0v) is 10.8. The molecule has 2 aromatic rings. The molecule has 2 rings (SSSR count). The van der Waals surface area contributed by atoms with Gasteiger partial charge in [-0.2, -0.15) is 0 Å².